The summed E-state index contributed by atoms with van der Waals surface area (Å²) in [6, 6.07) is 0. The van der Waals surface area contributed by atoms with Gasteiger partial charge in [0.2, 0.25) is 0 Å². The number of hydrogen-bond acceptors (Lipinski definition) is 2. The van der Waals surface area contributed by atoms with E-state index < -0.39 is 0 Å². The molecule has 0 N–H and O–H groups in total. The number of hydrogen-bond donors (Lipinski definition) is 0. The first-order valence-electron chi connectivity index (χ1n) is 3.87. The fourth-order valence-corrected chi connectivity index (χ4v) is 1.03. The van der Waals surface area contributed by atoms with E-state index in [9.17, 15) is 0 Å². The Labute approximate surface area is 144 Å². The summed E-state index contributed by atoms with van der Waals surface area (Å²) < 4.78 is 0. The largest absolute Gasteiger partial charge is 1.00 e. The maximum atomic E-state index is 3.24. The van der Waals surface area contributed by atoms with E-state index in [1.54, 1.807) is 0 Å². The van der Waals surface area contributed by atoms with Crippen LogP contribution in [0.2, 0.25) is 0 Å². The van der Waals surface area contributed by atoms with Crippen molar-refractivity contribution in [2.24, 2.45) is 0 Å². The van der Waals surface area contributed by atoms with Gasteiger partial charge in [0.25, 0.3) is 0 Å². The van der Waals surface area contributed by atoms with Gasteiger partial charge in [0.1, 0.15) is 0 Å². The van der Waals surface area contributed by atoms with Gasteiger partial charge in [0, 0.05) is 34.0 Å². The Morgan fingerprint density at radius 1 is 1.15 bits per heavy atom. The van der Waals surface area contributed by atoms with E-state index in [1.807, 2.05) is 24.0 Å². The van der Waals surface area contributed by atoms with E-state index in [1.165, 1.54) is 5.57 Å². The fraction of sp³-hybridized carbons (Fsp3) is 0.556. The Hall–Kier alpha value is 1.55. The molecule has 13 heavy (non-hydrogen) atoms. The molecule has 1 radical (unpaired) electrons. The molecule has 0 atom stereocenters. The third kappa shape index (κ3) is 4.73. The summed E-state index contributed by atoms with van der Waals surface area (Å²) in [5.41, 5.74) is 2.34. The van der Waals surface area contributed by atoms with Crippen LogP contribution < -0.4 is 58.2 Å². The summed E-state index contributed by atoms with van der Waals surface area (Å²) in [5.74, 6) is 0. The zero-order chi connectivity index (χ0) is 8.43. The van der Waals surface area contributed by atoms with Crippen LogP contribution in [0, 0.1) is 12.4 Å². The molecular formula is C9H14N2RbRe-. The number of hydrazine groups is 1. The van der Waals surface area contributed by atoms with E-state index >= 15 is 0 Å². The quantitative estimate of drug-likeness (QED) is 0.480. The molecule has 0 aromatic rings. The van der Waals surface area contributed by atoms with Gasteiger partial charge in [-0.25, -0.2) is 12.4 Å². The van der Waals surface area contributed by atoms with Crippen molar-refractivity contribution >= 4 is 0 Å². The van der Waals surface area contributed by atoms with Crippen molar-refractivity contribution in [3.05, 3.63) is 23.5 Å². The predicted molar refractivity (Wildman–Crippen MR) is 45.0 cm³/mol. The number of nitrogens with zero attached hydrogens (tertiary/aromatic N) is 2. The molecule has 0 saturated heterocycles. The molecular weight excluding hydrogens is 408 g/mol. The van der Waals surface area contributed by atoms with Gasteiger partial charge in [-0.05, 0) is 6.92 Å². The van der Waals surface area contributed by atoms with Gasteiger partial charge in [-0.15, -0.1) is 13.8 Å². The van der Waals surface area contributed by atoms with E-state index in [-0.39, 0.29) is 78.6 Å². The minimum absolute atomic E-state index is 0. The predicted octanol–water partition coefficient (Wildman–Crippen LogP) is -1.42. The van der Waals surface area contributed by atoms with Gasteiger partial charge >= 0.3 is 58.2 Å². The zero-order valence-corrected chi connectivity index (χ0v) is 16.6. The van der Waals surface area contributed by atoms with Gasteiger partial charge < -0.3 is 21.2 Å². The molecule has 1 heterocycles. The Balaban J connectivity index is 0. The molecule has 69 valence electrons. The zero-order valence-electron chi connectivity index (χ0n) is 8.98. The second-order valence-electron chi connectivity index (χ2n) is 2.71. The molecule has 2 nitrogen and oxygen atoms in total. The van der Waals surface area contributed by atoms with Crippen LogP contribution in [-0.4, -0.2) is 23.6 Å². The van der Waals surface area contributed by atoms with Crippen molar-refractivity contribution in [3.63, 3.8) is 0 Å². The summed E-state index contributed by atoms with van der Waals surface area (Å²) in [7, 11) is 1.98. The average molecular weight is 422 g/mol. The number of rotatable bonds is 1. The van der Waals surface area contributed by atoms with Crippen LogP contribution in [0.25, 0.3) is 0 Å². The van der Waals surface area contributed by atoms with Crippen LogP contribution in [0.5, 0.6) is 0 Å². The van der Waals surface area contributed by atoms with E-state index in [0.717, 1.165) is 12.1 Å². The van der Waals surface area contributed by atoms with Crippen LogP contribution in [0.15, 0.2) is 11.1 Å². The summed E-state index contributed by atoms with van der Waals surface area (Å²) in [4.78, 5) is 0. The summed E-state index contributed by atoms with van der Waals surface area (Å²) in [6.45, 7) is 7.14. The second-order valence-corrected chi connectivity index (χ2v) is 2.71. The van der Waals surface area contributed by atoms with Crippen molar-refractivity contribution in [1.82, 2.24) is 10.0 Å². The molecule has 0 aromatic heterocycles. The third-order valence-electron chi connectivity index (χ3n) is 1.85. The van der Waals surface area contributed by atoms with Crippen molar-refractivity contribution in [3.8, 4) is 0 Å². The molecule has 0 aliphatic carbocycles. The standard InChI is InChI=1S/C9H14N2.Rb.Re/c1-5-11-7-9(3)8(2)6-10(11)4;;/h5H2,1-4H3;;/q-2;+1;. The van der Waals surface area contributed by atoms with Crippen molar-refractivity contribution in [2.45, 2.75) is 20.8 Å². The van der Waals surface area contributed by atoms with E-state index in [0.29, 0.717) is 0 Å². The first-order chi connectivity index (χ1) is 5.15. The first-order valence-corrected chi connectivity index (χ1v) is 3.87. The Morgan fingerprint density at radius 2 is 1.62 bits per heavy atom. The van der Waals surface area contributed by atoms with Gasteiger partial charge in [-0.2, -0.15) is 0 Å². The molecule has 0 bridgehead atoms. The molecule has 4 heteroatoms. The second kappa shape index (κ2) is 7.79. The van der Waals surface area contributed by atoms with Crippen LogP contribution in [0.4, 0.5) is 0 Å². The van der Waals surface area contributed by atoms with Gasteiger partial charge in [0.15, 0.2) is 0 Å². The molecule has 1 aliphatic rings. The van der Waals surface area contributed by atoms with Crippen LogP contribution >= 0.6 is 0 Å². The molecule has 1 aliphatic heterocycles. The number of allylic oxidation sites excluding steroid dienone is 2. The molecule has 0 spiro atoms. The topological polar surface area (TPSA) is 6.48 Å². The van der Waals surface area contributed by atoms with Crippen LogP contribution in [-0.2, 0) is 20.4 Å². The third-order valence-corrected chi connectivity index (χ3v) is 1.85. The minimum atomic E-state index is 0. The minimum Gasteiger partial charge on any atom is -0.418 e. The van der Waals surface area contributed by atoms with Crippen molar-refractivity contribution in [2.75, 3.05) is 13.6 Å². The summed E-state index contributed by atoms with van der Waals surface area (Å²) >= 11 is 0. The van der Waals surface area contributed by atoms with Crippen molar-refractivity contribution < 1.29 is 78.6 Å². The fourth-order valence-electron chi connectivity index (χ4n) is 1.03. The van der Waals surface area contributed by atoms with E-state index in [4.69, 9.17) is 0 Å². The van der Waals surface area contributed by atoms with Gasteiger partial charge in [-0.1, -0.05) is 0 Å². The van der Waals surface area contributed by atoms with Crippen molar-refractivity contribution in [1.29, 1.82) is 0 Å². The summed E-state index contributed by atoms with van der Waals surface area (Å²) in [5, 5.41) is 3.94. The Bertz CT molecular complexity index is 214. The van der Waals surface area contributed by atoms with E-state index in [2.05, 4.69) is 26.2 Å². The Kier molecular flexibility index (Phi) is 10.2. The normalized spacial score (nSPS) is 15.4. The van der Waals surface area contributed by atoms with Crippen LogP contribution in [0.1, 0.15) is 20.8 Å². The average Bonchev–Trinajstić information content (AvgIpc) is 1.97. The molecule has 0 saturated carbocycles. The van der Waals surface area contributed by atoms with Crippen LogP contribution in [0.3, 0.4) is 0 Å². The molecule has 0 unspecified atom stereocenters. The molecule has 0 aromatic carbocycles. The maximum absolute atomic E-state index is 3.24. The maximum Gasteiger partial charge on any atom is 1.00 e. The SMILES string of the molecule is CCN1[C-]=C(C)C(C)=[C-]N1C.[Rb+].[Re]. The van der Waals surface area contributed by atoms with Gasteiger partial charge in [0.05, 0.1) is 0 Å². The Morgan fingerprint density at radius 3 is 2.08 bits per heavy atom. The molecule has 0 amide bonds. The first kappa shape index (κ1) is 17.0. The van der Waals surface area contributed by atoms with Gasteiger partial charge in [-0.3, -0.25) is 0 Å². The summed E-state index contributed by atoms with van der Waals surface area (Å²) in [6.07, 6.45) is 6.45. The molecule has 1 rings (SSSR count). The smallest absolute Gasteiger partial charge is 0.418 e. The monoisotopic (exact) mass is 422 g/mol. The molecule has 0 fully saturated rings.